The summed E-state index contributed by atoms with van der Waals surface area (Å²) in [4.78, 5) is 24.6. The van der Waals surface area contributed by atoms with Crippen molar-refractivity contribution in [1.29, 1.82) is 0 Å². The predicted molar refractivity (Wildman–Crippen MR) is 87.7 cm³/mol. The van der Waals surface area contributed by atoms with Crippen LogP contribution in [0.15, 0.2) is 0 Å². The van der Waals surface area contributed by atoms with E-state index in [4.69, 9.17) is 0 Å². The summed E-state index contributed by atoms with van der Waals surface area (Å²) in [6.07, 6.45) is 7.40. The number of carbonyl (C=O) groups is 2. The molecule has 0 amide bonds. The molecule has 0 aromatic rings. The van der Waals surface area contributed by atoms with Crippen molar-refractivity contribution >= 4 is 11.6 Å². The van der Waals surface area contributed by atoms with Gasteiger partial charge >= 0.3 is 0 Å². The fraction of sp³-hybridized carbons (Fsp3) is 0.900. The van der Waals surface area contributed by atoms with Crippen LogP contribution in [0, 0.1) is 40.4 Å². The van der Waals surface area contributed by atoms with Crippen molar-refractivity contribution in [2.75, 3.05) is 6.61 Å². The molecule has 3 heteroatoms. The SMILES string of the molecule is C[C@H]1CC(=O)C[C@@H]2CC[C@H]3[C@@H]4CCC(=O)[C@@]4(CO)CC[C@@H]3[C@]21C. The van der Waals surface area contributed by atoms with Gasteiger partial charge in [-0.05, 0) is 67.1 Å². The van der Waals surface area contributed by atoms with Gasteiger partial charge < -0.3 is 5.11 Å². The minimum atomic E-state index is -0.419. The van der Waals surface area contributed by atoms with Crippen molar-refractivity contribution in [3.8, 4) is 0 Å². The number of fused-ring (bicyclic) bond motifs is 5. The Hall–Kier alpha value is -0.700. The number of Topliss-reactive ketones (excluding diaryl/α,β-unsaturated/α-hetero) is 2. The molecule has 4 rings (SSSR count). The molecule has 4 aliphatic rings. The molecule has 1 N–H and O–H groups in total. The highest BCUT2D eigenvalue weighted by Gasteiger charge is 2.62. The molecule has 4 saturated carbocycles. The van der Waals surface area contributed by atoms with Gasteiger partial charge in [0.25, 0.3) is 0 Å². The minimum Gasteiger partial charge on any atom is -0.395 e. The van der Waals surface area contributed by atoms with Gasteiger partial charge in [0.2, 0.25) is 0 Å². The first-order valence-electron chi connectivity index (χ1n) is 9.59. The number of hydrogen-bond acceptors (Lipinski definition) is 3. The van der Waals surface area contributed by atoms with Crippen LogP contribution >= 0.6 is 0 Å². The standard InChI is InChI=1S/C20H30O3/c1-12-9-14(22)10-13-3-4-15-16(19(12,13)2)7-8-20(11-21)17(15)5-6-18(20)23/h12-13,15-17,21H,3-11H2,1-2H3/t12-,13-,15+,16-,17-,19-,20+/m0/s1. The molecular formula is C20H30O3. The van der Waals surface area contributed by atoms with Gasteiger partial charge in [-0.3, -0.25) is 9.59 Å². The zero-order valence-corrected chi connectivity index (χ0v) is 14.5. The smallest absolute Gasteiger partial charge is 0.141 e. The van der Waals surface area contributed by atoms with Crippen LogP contribution in [-0.2, 0) is 9.59 Å². The number of aliphatic hydroxyl groups is 1. The van der Waals surface area contributed by atoms with E-state index in [-0.39, 0.29) is 12.0 Å². The molecule has 0 unspecified atom stereocenters. The van der Waals surface area contributed by atoms with Crippen LogP contribution < -0.4 is 0 Å². The Morgan fingerprint density at radius 2 is 1.87 bits per heavy atom. The Bertz CT molecular complexity index is 541. The third-order valence-electron chi connectivity index (χ3n) is 8.76. The summed E-state index contributed by atoms with van der Waals surface area (Å²) in [6, 6.07) is 0. The van der Waals surface area contributed by atoms with Crippen molar-refractivity contribution < 1.29 is 14.7 Å². The first-order valence-corrected chi connectivity index (χ1v) is 9.59. The second-order valence-electron chi connectivity index (χ2n) is 9.18. The molecule has 0 aliphatic heterocycles. The molecular weight excluding hydrogens is 288 g/mol. The number of aliphatic hydroxyl groups excluding tert-OH is 1. The molecule has 4 aliphatic carbocycles. The Kier molecular flexibility index (Phi) is 3.54. The highest BCUT2D eigenvalue weighted by Crippen LogP contribution is 2.66. The fourth-order valence-electron chi connectivity index (χ4n) is 7.35. The quantitative estimate of drug-likeness (QED) is 0.806. The maximum Gasteiger partial charge on any atom is 0.141 e. The summed E-state index contributed by atoms with van der Waals surface area (Å²) in [5, 5.41) is 10.0. The molecule has 128 valence electrons. The lowest BCUT2D eigenvalue weighted by atomic mass is 9.43. The molecule has 0 radical (unpaired) electrons. The highest BCUT2D eigenvalue weighted by atomic mass is 16.3. The van der Waals surface area contributed by atoms with Gasteiger partial charge in [-0.1, -0.05) is 13.8 Å². The second kappa shape index (κ2) is 5.15. The molecule has 0 saturated heterocycles. The normalized spacial score (nSPS) is 52.7. The van der Waals surface area contributed by atoms with Gasteiger partial charge in [0.1, 0.15) is 11.6 Å². The van der Waals surface area contributed by atoms with E-state index in [1.165, 1.54) is 0 Å². The van der Waals surface area contributed by atoms with Crippen LogP contribution in [0.2, 0.25) is 0 Å². The maximum absolute atomic E-state index is 12.5. The summed E-state index contributed by atoms with van der Waals surface area (Å²) in [5.41, 5.74) is -0.165. The topological polar surface area (TPSA) is 54.4 Å². The van der Waals surface area contributed by atoms with E-state index in [2.05, 4.69) is 13.8 Å². The fourth-order valence-corrected chi connectivity index (χ4v) is 7.35. The zero-order chi connectivity index (χ0) is 16.4. The number of ketones is 2. The lowest BCUT2D eigenvalue weighted by Crippen LogP contribution is -2.57. The second-order valence-corrected chi connectivity index (χ2v) is 9.18. The van der Waals surface area contributed by atoms with Gasteiger partial charge in [0, 0.05) is 19.3 Å². The van der Waals surface area contributed by atoms with Crippen molar-refractivity contribution in [3.63, 3.8) is 0 Å². The van der Waals surface area contributed by atoms with Gasteiger partial charge in [-0.15, -0.1) is 0 Å². The number of rotatable bonds is 1. The van der Waals surface area contributed by atoms with Crippen LogP contribution in [-0.4, -0.2) is 23.3 Å². The van der Waals surface area contributed by atoms with Crippen LogP contribution in [0.5, 0.6) is 0 Å². The van der Waals surface area contributed by atoms with E-state index < -0.39 is 5.41 Å². The van der Waals surface area contributed by atoms with Gasteiger partial charge in [0.05, 0.1) is 12.0 Å². The summed E-state index contributed by atoms with van der Waals surface area (Å²) >= 11 is 0. The van der Waals surface area contributed by atoms with Gasteiger partial charge in [0.15, 0.2) is 0 Å². The summed E-state index contributed by atoms with van der Waals surface area (Å²) in [5.74, 6) is 3.39. The Balaban J connectivity index is 1.69. The largest absolute Gasteiger partial charge is 0.395 e. The predicted octanol–water partition coefficient (Wildman–Crippen LogP) is 3.39. The molecule has 0 aromatic carbocycles. The minimum absolute atomic E-state index is 0.0495. The van der Waals surface area contributed by atoms with Crippen LogP contribution in [0.1, 0.15) is 65.2 Å². The molecule has 7 atom stereocenters. The first-order chi connectivity index (χ1) is 10.9. The maximum atomic E-state index is 12.5. The number of hydrogen-bond donors (Lipinski definition) is 1. The Labute approximate surface area is 139 Å². The summed E-state index contributed by atoms with van der Waals surface area (Å²) in [6.45, 7) is 4.77. The van der Waals surface area contributed by atoms with Crippen molar-refractivity contribution in [2.45, 2.75) is 65.2 Å². The molecule has 3 nitrogen and oxygen atoms in total. The molecule has 0 spiro atoms. The van der Waals surface area contributed by atoms with E-state index in [0.717, 1.165) is 44.9 Å². The van der Waals surface area contributed by atoms with Crippen molar-refractivity contribution in [2.24, 2.45) is 40.4 Å². The average molecular weight is 318 g/mol. The lowest BCUT2D eigenvalue weighted by molar-refractivity contribution is -0.159. The molecule has 4 fully saturated rings. The van der Waals surface area contributed by atoms with E-state index in [1.54, 1.807) is 0 Å². The van der Waals surface area contributed by atoms with E-state index in [9.17, 15) is 14.7 Å². The lowest BCUT2D eigenvalue weighted by Gasteiger charge is -2.61. The molecule has 0 aromatic heterocycles. The first kappa shape index (κ1) is 15.8. The van der Waals surface area contributed by atoms with Crippen LogP contribution in [0.3, 0.4) is 0 Å². The molecule has 23 heavy (non-hydrogen) atoms. The third kappa shape index (κ3) is 1.92. The monoisotopic (exact) mass is 318 g/mol. The Morgan fingerprint density at radius 1 is 1.09 bits per heavy atom. The molecule has 0 heterocycles. The summed E-state index contributed by atoms with van der Waals surface area (Å²) in [7, 11) is 0. The van der Waals surface area contributed by atoms with Crippen molar-refractivity contribution in [3.05, 3.63) is 0 Å². The van der Waals surface area contributed by atoms with Gasteiger partial charge in [-0.25, -0.2) is 0 Å². The van der Waals surface area contributed by atoms with E-state index in [0.29, 0.717) is 47.6 Å². The van der Waals surface area contributed by atoms with Crippen molar-refractivity contribution in [1.82, 2.24) is 0 Å². The average Bonchev–Trinajstić information content (AvgIpc) is 2.86. The third-order valence-corrected chi connectivity index (χ3v) is 8.76. The summed E-state index contributed by atoms with van der Waals surface area (Å²) < 4.78 is 0. The zero-order valence-electron chi connectivity index (χ0n) is 14.5. The van der Waals surface area contributed by atoms with Crippen LogP contribution in [0.25, 0.3) is 0 Å². The number of carbonyl (C=O) groups excluding carboxylic acids is 2. The van der Waals surface area contributed by atoms with Crippen LogP contribution in [0.4, 0.5) is 0 Å². The molecule has 0 bridgehead atoms. The van der Waals surface area contributed by atoms with Gasteiger partial charge in [-0.2, -0.15) is 0 Å². The van der Waals surface area contributed by atoms with E-state index in [1.807, 2.05) is 0 Å². The Morgan fingerprint density at radius 3 is 2.61 bits per heavy atom. The highest BCUT2D eigenvalue weighted by molar-refractivity contribution is 5.87. The van der Waals surface area contributed by atoms with E-state index >= 15 is 0 Å².